The minimum Gasteiger partial charge on any atom is -0.293 e. The summed E-state index contributed by atoms with van der Waals surface area (Å²) in [4.78, 5) is 12.4. The van der Waals surface area contributed by atoms with Crippen LogP contribution in [-0.2, 0) is 0 Å². The van der Waals surface area contributed by atoms with Crippen molar-refractivity contribution in [1.29, 1.82) is 0 Å². The van der Waals surface area contributed by atoms with E-state index < -0.39 is 0 Å². The molecule has 0 aliphatic carbocycles. The van der Waals surface area contributed by atoms with Crippen LogP contribution in [0.1, 0.15) is 35.7 Å². The largest absolute Gasteiger partial charge is 0.293 e. The first-order valence-corrected chi connectivity index (χ1v) is 6.84. The summed E-state index contributed by atoms with van der Waals surface area (Å²) in [5.74, 6) is 1.35. The van der Waals surface area contributed by atoms with Crippen LogP contribution >= 0.6 is 23.4 Å². The molecule has 2 rings (SSSR count). The summed E-state index contributed by atoms with van der Waals surface area (Å²) in [5, 5.41) is 0.693. The summed E-state index contributed by atoms with van der Waals surface area (Å²) in [5.41, 5.74) is 1.80. The van der Waals surface area contributed by atoms with Gasteiger partial charge in [0.05, 0.1) is 4.75 Å². The third-order valence-electron chi connectivity index (χ3n) is 3.13. The molecule has 1 aliphatic heterocycles. The molecule has 1 unspecified atom stereocenters. The first-order chi connectivity index (χ1) is 7.53. The number of aryl methyl sites for hydroxylation is 1. The van der Waals surface area contributed by atoms with Crippen LogP contribution < -0.4 is 0 Å². The summed E-state index contributed by atoms with van der Waals surface area (Å²) in [6.45, 7) is 4.00. The topological polar surface area (TPSA) is 17.1 Å². The molecule has 1 heterocycles. The number of hydrogen-bond donors (Lipinski definition) is 0. The zero-order valence-electron chi connectivity index (χ0n) is 9.55. The molecule has 0 saturated carbocycles. The standard InChI is InChI=1S/C13H15ClOS/c1-9-8-10(14)4-5-11(9)12(15)13(2)6-3-7-16-13/h4-5,8H,3,6-7H2,1-2H3. The van der Waals surface area contributed by atoms with Crippen molar-refractivity contribution in [2.75, 3.05) is 5.75 Å². The van der Waals surface area contributed by atoms with Crippen LogP contribution in [0.15, 0.2) is 18.2 Å². The van der Waals surface area contributed by atoms with E-state index in [0.29, 0.717) is 5.02 Å². The van der Waals surface area contributed by atoms with Gasteiger partial charge in [0.1, 0.15) is 0 Å². The monoisotopic (exact) mass is 254 g/mol. The Bertz CT molecular complexity index is 422. The van der Waals surface area contributed by atoms with E-state index in [1.165, 1.54) is 0 Å². The Balaban J connectivity index is 2.33. The number of Topliss-reactive ketones (excluding diaryl/α,β-unsaturated/α-hetero) is 1. The maximum Gasteiger partial charge on any atom is 0.178 e. The molecule has 86 valence electrons. The van der Waals surface area contributed by atoms with Crippen molar-refractivity contribution in [1.82, 2.24) is 0 Å². The highest BCUT2D eigenvalue weighted by molar-refractivity contribution is 8.01. The molecule has 16 heavy (non-hydrogen) atoms. The van der Waals surface area contributed by atoms with Gasteiger partial charge in [-0.15, -0.1) is 11.8 Å². The zero-order chi connectivity index (χ0) is 11.8. The molecule has 1 saturated heterocycles. The van der Waals surface area contributed by atoms with Gasteiger partial charge in [-0.1, -0.05) is 11.6 Å². The maximum absolute atomic E-state index is 12.4. The van der Waals surface area contributed by atoms with Crippen LogP contribution in [0.2, 0.25) is 5.02 Å². The third-order valence-corrected chi connectivity index (χ3v) is 4.89. The molecule has 0 spiro atoms. The SMILES string of the molecule is Cc1cc(Cl)ccc1C(=O)C1(C)CCCS1. The number of rotatable bonds is 2. The Morgan fingerprint density at radius 3 is 2.81 bits per heavy atom. The van der Waals surface area contributed by atoms with E-state index in [1.807, 2.05) is 19.1 Å². The van der Waals surface area contributed by atoms with Crippen molar-refractivity contribution in [3.8, 4) is 0 Å². The average Bonchev–Trinajstić information content (AvgIpc) is 2.66. The smallest absolute Gasteiger partial charge is 0.178 e. The minimum absolute atomic E-state index is 0.224. The molecule has 1 aromatic rings. The molecule has 1 aromatic carbocycles. The molecule has 0 aromatic heterocycles. The normalized spacial score (nSPS) is 24.7. The summed E-state index contributed by atoms with van der Waals surface area (Å²) >= 11 is 7.68. The van der Waals surface area contributed by atoms with Crippen molar-refractivity contribution < 1.29 is 4.79 Å². The van der Waals surface area contributed by atoms with Gasteiger partial charge in [-0.3, -0.25) is 4.79 Å². The van der Waals surface area contributed by atoms with Crippen molar-refractivity contribution in [3.05, 3.63) is 34.3 Å². The number of halogens is 1. The van der Waals surface area contributed by atoms with Crippen LogP contribution in [0.4, 0.5) is 0 Å². The summed E-state index contributed by atoms with van der Waals surface area (Å²) in [7, 11) is 0. The van der Waals surface area contributed by atoms with Crippen LogP contribution in [-0.4, -0.2) is 16.3 Å². The Labute approximate surface area is 106 Å². The van der Waals surface area contributed by atoms with Crippen molar-refractivity contribution in [2.24, 2.45) is 0 Å². The lowest BCUT2D eigenvalue weighted by Gasteiger charge is -2.21. The first-order valence-electron chi connectivity index (χ1n) is 5.48. The quantitative estimate of drug-likeness (QED) is 0.739. The van der Waals surface area contributed by atoms with E-state index in [-0.39, 0.29) is 10.5 Å². The lowest BCUT2D eigenvalue weighted by Crippen LogP contribution is -2.29. The second-order valence-electron chi connectivity index (χ2n) is 4.47. The molecule has 0 N–H and O–H groups in total. The Morgan fingerprint density at radius 1 is 1.50 bits per heavy atom. The number of carbonyl (C=O) groups is 1. The molecule has 1 atom stereocenters. The van der Waals surface area contributed by atoms with Gasteiger partial charge in [-0.05, 0) is 56.2 Å². The fourth-order valence-corrected chi connectivity index (χ4v) is 3.62. The maximum atomic E-state index is 12.4. The van der Waals surface area contributed by atoms with Crippen LogP contribution in [0.25, 0.3) is 0 Å². The summed E-state index contributed by atoms with van der Waals surface area (Å²) < 4.78 is -0.224. The predicted octanol–water partition coefficient (Wildman–Crippen LogP) is 4.12. The number of benzene rings is 1. The number of thioether (sulfide) groups is 1. The van der Waals surface area contributed by atoms with E-state index in [0.717, 1.165) is 29.7 Å². The lowest BCUT2D eigenvalue weighted by molar-refractivity contribution is 0.0948. The zero-order valence-corrected chi connectivity index (χ0v) is 11.1. The van der Waals surface area contributed by atoms with E-state index in [9.17, 15) is 4.79 Å². The van der Waals surface area contributed by atoms with Crippen molar-refractivity contribution >= 4 is 29.1 Å². The number of hydrogen-bond acceptors (Lipinski definition) is 2. The van der Waals surface area contributed by atoms with Gasteiger partial charge in [-0.2, -0.15) is 0 Å². The second-order valence-corrected chi connectivity index (χ2v) is 6.51. The highest BCUT2D eigenvalue weighted by atomic mass is 35.5. The van der Waals surface area contributed by atoms with Gasteiger partial charge in [-0.25, -0.2) is 0 Å². The van der Waals surface area contributed by atoms with E-state index in [1.54, 1.807) is 17.8 Å². The van der Waals surface area contributed by atoms with E-state index in [4.69, 9.17) is 11.6 Å². The lowest BCUT2D eigenvalue weighted by atomic mass is 9.92. The fourth-order valence-electron chi connectivity index (χ4n) is 2.12. The van der Waals surface area contributed by atoms with Gasteiger partial charge in [0.2, 0.25) is 0 Å². The molecule has 0 amide bonds. The van der Waals surface area contributed by atoms with Gasteiger partial charge in [0, 0.05) is 10.6 Å². The third kappa shape index (κ3) is 2.14. The van der Waals surface area contributed by atoms with Crippen LogP contribution in [0.3, 0.4) is 0 Å². The number of ketones is 1. The molecule has 1 fully saturated rings. The molecular formula is C13H15ClOS. The molecule has 0 radical (unpaired) electrons. The van der Waals surface area contributed by atoms with Gasteiger partial charge in [0.25, 0.3) is 0 Å². The first kappa shape index (κ1) is 12.0. The molecule has 1 nitrogen and oxygen atoms in total. The predicted molar refractivity (Wildman–Crippen MR) is 70.6 cm³/mol. The molecular weight excluding hydrogens is 240 g/mol. The molecule has 1 aliphatic rings. The minimum atomic E-state index is -0.224. The Morgan fingerprint density at radius 2 is 2.25 bits per heavy atom. The van der Waals surface area contributed by atoms with Gasteiger partial charge in [0.15, 0.2) is 5.78 Å². The summed E-state index contributed by atoms with van der Waals surface area (Å²) in [6.07, 6.45) is 2.12. The fraction of sp³-hybridized carbons (Fsp3) is 0.462. The van der Waals surface area contributed by atoms with Crippen molar-refractivity contribution in [3.63, 3.8) is 0 Å². The van der Waals surface area contributed by atoms with Gasteiger partial charge >= 0.3 is 0 Å². The molecule has 3 heteroatoms. The van der Waals surface area contributed by atoms with E-state index in [2.05, 4.69) is 6.92 Å². The number of carbonyl (C=O) groups excluding carboxylic acids is 1. The average molecular weight is 255 g/mol. The highest BCUT2D eigenvalue weighted by Crippen LogP contribution is 2.40. The highest BCUT2D eigenvalue weighted by Gasteiger charge is 2.37. The van der Waals surface area contributed by atoms with Crippen LogP contribution in [0.5, 0.6) is 0 Å². The Hall–Kier alpha value is -0.470. The van der Waals surface area contributed by atoms with E-state index >= 15 is 0 Å². The van der Waals surface area contributed by atoms with Crippen LogP contribution in [0, 0.1) is 6.92 Å². The Kier molecular flexibility index (Phi) is 3.32. The van der Waals surface area contributed by atoms with Gasteiger partial charge < -0.3 is 0 Å². The second kappa shape index (κ2) is 4.42. The summed E-state index contributed by atoms with van der Waals surface area (Å²) in [6, 6.07) is 5.51. The van der Waals surface area contributed by atoms with Crippen molar-refractivity contribution in [2.45, 2.75) is 31.4 Å². The molecule has 0 bridgehead atoms.